The highest BCUT2D eigenvalue weighted by atomic mass is 16.2. The van der Waals surface area contributed by atoms with Crippen molar-refractivity contribution in [3.63, 3.8) is 0 Å². The maximum atomic E-state index is 12.6. The zero-order valence-electron chi connectivity index (χ0n) is 14.8. The number of aryl methyl sites for hydroxylation is 1. The van der Waals surface area contributed by atoms with E-state index in [0.29, 0.717) is 11.8 Å². The number of carbonyl (C=O) groups excluding carboxylic acids is 1. The summed E-state index contributed by atoms with van der Waals surface area (Å²) in [7, 11) is 0. The van der Waals surface area contributed by atoms with Crippen molar-refractivity contribution < 1.29 is 4.79 Å². The summed E-state index contributed by atoms with van der Waals surface area (Å²) in [6, 6.07) is 8.61. The quantitative estimate of drug-likeness (QED) is 0.905. The second-order valence-corrected chi connectivity index (χ2v) is 7.32. The average molecular weight is 338 g/mol. The second kappa shape index (κ2) is 7.00. The van der Waals surface area contributed by atoms with Gasteiger partial charge in [-0.25, -0.2) is 0 Å². The molecule has 5 nitrogen and oxygen atoms in total. The number of hydrogen-bond donors (Lipinski definition) is 2. The first kappa shape index (κ1) is 16.3. The summed E-state index contributed by atoms with van der Waals surface area (Å²) in [5.74, 6) is 0.734. The number of nitrogens with zero attached hydrogens (tertiary/aromatic N) is 2. The maximum Gasteiger partial charge on any atom is 0.239 e. The molecule has 1 aromatic carbocycles. The van der Waals surface area contributed by atoms with Crippen LogP contribution in [-0.4, -0.2) is 46.7 Å². The van der Waals surface area contributed by atoms with Crippen molar-refractivity contribution in [3.05, 3.63) is 41.7 Å². The number of hydrogen-bond acceptors (Lipinski definition) is 3. The Morgan fingerprint density at radius 2 is 2.08 bits per heavy atom. The van der Waals surface area contributed by atoms with E-state index in [-0.39, 0.29) is 6.04 Å². The number of piperidine rings is 1. The van der Waals surface area contributed by atoms with E-state index in [1.807, 2.05) is 11.1 Å². The van der Waals surface area contributed by atoms with Crippen LogP contribution < -0.4 is 5.32 Å². The van der Waals surface area contributed by atoms with Crippen molar-refractivity contribution >= 4 is 5.91 Å². The Morgan fingerprint density at radius 3 is 2.80 bits per heavy atom. The minimum Gasteiger partial charge on any atom is -0.341 e. The highest BCUT2D eigenvalue weighted by molar-refractivity contribution is 5.82. The molecule has 5 heteroatoms. The smallest absolute Gasteiger partial charge is 0.239 e. The molecule has 2 aromatic rings. The summed E-state index contributed by atoms with van der Waals surface area (Å²) in [6.07, 6.45) is 6.03. The summed E-state index contributed by atoms with van der Waals surface area (Å²) >= 11 is 0. The van der Waals surface area contributed by atoms with E-state index >= 15 is 0 Å². The first-order chi connectivity index (χ1) is 12.2. The molecule has 0 saturated carbocycles. The van der Waals surface area contributed by atoms with Crippen LogP contribution in [0.1, 0.15) is 42.9 Å². The van der Waals surface area contributed by atoms with Crippen LogP contribution in [0.4, 0.5) is 0 Å². The van der Waals surface area contributed by atoms with Crippen molar-refractivity contribution in [2.45, 2.75) is 44.6 Å². The summed E-state index contributed by atoms with van der Waals surface area (Å²) in [4.78, 5) is 14.6. The predicted octanol–water partition coefficient (Wildman–Crippen LogP) is 2.84. The van der Waals surface area contributed by atoms with Crippen LogP contribution >= 0.6 is 0 Å². The lowest BCUT2D eigenvalue weighted by Gasteiger charge is -2.33. The molecule has 2 N–H and O–H groups in total. The van der Waals surface area contributed by atoms with Gasteiger partial charge in [0.15, 0.2) is 0 Å². The Bertz CT molecular complexity index is 740. The van der Waals surface area contributed by atoms with Gasteiger partial charge in [-0.05, 0) is 44.7 Å². The average Bonchev–Trinajstić information content (AvgIpc) is 3.33. The van der Waals surface area contributed by atoms with Gasteiger partial charge in [0, 0.05) is 30.3 Å². The Kier molecular flexibility index (Phi) is 4.57. The largest absolute Gasteiger partial charge is 0.341 e. The van der Waals surface area contributed by atoms with Gasteiger partial charge in [0.1, 0.15) is 0 Å². The molecular weight excluding hydrogens is 312 g/mol. The number of likely N-dealkylation sites (tertiary alicyclic amines) is 1. The lowest BCUT2D eigenvalue weighted by Crippen LogP contribution is -2.46. The zero-order chi connectivity index (χ0) is 17.2. The van der Waals surface area contributed by atoms with E-state index in [4.69, 9.17) is 0 Å². The molecule has 1 aromatic heterocycles. The standard InChI is InChI=1S/C20H26N4O/c1-14-4-2-5-16(12-14)17-13-22-23-19(17)15-7-10-24(11-8-15)20(25)18-6-3-9-21-18/h2,4-5,12-13,15,18,21H,3,6-11H2,1H3,(H,22,23)/t18-/m0/s1. The lowest BCUT2D eigenvalue weighted by atomic mass is 9.89. The highest BCUT2D eigenvalue weighted by Crippen LogP contribution is 2.34. The van der Waals surface area contributed by atoms with Crippen LogP contribution in [0.5, 0.6) is 0 Å². The van der Waals surface area contributed by atoms with Crippen LogP contribution in [0, 0.1) is 6.92 Å². The molecule has 1 amide bonds. The molecule has 2 saturated heterocycles. The third-order valence-electron chi connectivity index (χ3n) is 5.57. The Hall–Kier alpha value is -2.14. The molecule has 0 aliphatic carbocycles. The molecule has 0 radical (unpaired) electrons. The molecule has 2 fully saturated rings. The monoisotopic (exact) mass is 338 g/mol. The van der Waals surface area contributed by atoms with Crippen LogP contribution in [0.2, 0.25) is 0 Å². The van der Waals surface area contributed by atoms with Crippen molar-refractivity contribution in [3.8, 4) is 11.1 Å². The van der Waals surface area contributed by atoms with Crippen molar-refractivity contribution in [2.24, 2.45) is 0 Å². The van der Waals surface area contributed by atoms with Crippen LogP contribution in [-0.2, 0) is 4.79 Å². The molecule has 4 rings (SSSR count). The lowest BCUT2D eigenvalue weighted by molar-refractivity contribution is -0.134. The van der Waals surface area contributed by atoms with Crippen molar-refractivity contribution in [2.75, 3.05) is 19.6 Å². The fourth-order valence-corrected chi connectivity index (χ4v) is 4.15. The van der Waals surface area contributed by atoms with E-state index in [0.717, 1.165) is 45.3 Å². The number of rotatable bonds is 3. The number of benzene rings is 1. The molecular formula is C20H26N4O. The highest BCUT2D eigenvalue weighted by Gasteiger charge is 2.31. The van der Waals surface area contributed by atoms with E-state index in [2.05, 4.69) is 46.7 Å². The summed E-state index contributed by atoms with van der Waals surface area (Å²) in [5, 5.41) is 10.9. The normalized spacial score (nSPS) is 21.6. The molecule has 132 valence electrons. The third-order valence-corrected chi connectivity index (χ3v) is 5.57. The van der Waals surface area contributed by atoms with Gasteiger partial charge in [-0.3, -0.25) is 9.89 Å². The van der Waals surface area contributed by atoms with E-state index in [9.17, 15) is 4.79 Å². The fourth-order valence-electron chi connectivity index (χ4n) is 4.15. The van der Waals surface area contributed by atoms with E-state index in [1.165, 1.54) is 22.4 Å². The third kappa shape index (κ3) is 3.33. The van der Waals surface area contributed by atoms with Gasteiger partial charge >= 0.3 is 0 Å². The van der Waals surface area contributed by atoms with Gasteiger partial charge in [0.2, 0.25) is 5.91 Å². The predicted molar refractivity (Wildman–Crippen MR) is 98.3 cm³/mol. The van der Waals surface area contributed by atoms with E-state index in [1.54, 1.807) is 0 Å². The van der Waals surface area contributed by atoms with Gasteiger partial charge in [-0.15, -0.1) is 0 Å². The second-order valence-electron chi connectivity index (χ2n) is 7.32. The number of aromatic nitrogens is 2. The number of aromatic amines is 1. The Balaban J connectivity index is 1.45. The SMILES string of the molecule is Cc1cccc(-c2cn[nH]c2C2CCN(C(=O)[C@@H]3CCCN3)CC2)c1. The van der Waals surface area contributed by atoms with Crippen molar-refractivity contribution in [1.82, 2.24) is 20.4 Å². The minimum atomic E-state index is 0.0477. The van der Waals surface area contributed by atoms with Crippen molar-refractivity contribution in [1.29, 1.82) is 0 Å². The molecule has 0 spiro atoms. The summed E-state index contributed by atoms with van der Waals surface area (Å²) in [5.41, 5.74) is 4.90. The Morgan fingerprint density at radius 1 is 1.24 bits per heavy atom. The first-order valence-corrected chi connectivity index (χ1v) is 9.35. The molecule has 0 bridgehead atoms. The molecule has 0 unspecified atom stereocenters. The number of carbonyl (C=O) groups is 1. The van der Waals surface area contributed by atoms with Gasteiger partial charge in [-0.2, -0.15) is 5.10 Å². The minimum absolute atomic E-state index is 0.0477. The molecule has 2 aliphatic rings. The summed E-state index contributed by atoms with van der Waals surface area (Å²) in [6.45, 7) is 4.77. The van der Waals surface area contributed by atoms with Gasteiger partial charge in [0.05, 0.1) is 12.2 Å². The first-order valence-electron chi connectivity index (χ1n) is 9.35. The van der Waals surface area contributed by atoms with Crippen LogP contribution in [0.25, 0.3) is 11.1 Å². The van der Waals surface area contributed by atoms with E-state index < -0.39 is 0 Å². The Labute approximate surface area is 148 Å². The van der Waals surface area contributed by atoms with Crippen LogP contribution in [0.15, 0.2) is 30.5 Å². The molecule has 2 aliphatic heterocycles. The zero-order valence-corrected chi connectivity index (χ0v) is 14.8. The topological polar surface area (TPSA) is 61.0 Å². The molecule has 25 heavy (non-hydrogen) atoms. The molecule has 1 atom stereocenters. The van der Waals surface area contributed by atoms with Gasteiger partial charge < -0.3 is 10.2 Å². The number of H-pyrrole nitrogens is 1. The van der Waals surface area contributed by atoms with Crippen LogP contribution in [0.3, 0.4) is 0 Å². The van der Waals surface area contributed by atoms with Gasteiger partial charge in [-0.1, -0.05) is 29.8 Å². The number of nitrogens with one attached hydrogen (secondary N) is 2. The van der Waals surface area contributed by atoms with Gasteiger partial charge in [0.25, 0.3) is 0 Å². The maximum absolute atomic E-state index is 12.6. The fraction of sp³-hybridized carbons (Fsp3) is 0.500. The number of amides is 1. The summed E-state index contributed by atoms with van der Waals surface area (Å²) < 4.78 is 0. The molecule has 3 heterocycles.